The van der Waals surface area contributed by atoms with Crippen molar-refractivity contribution in [1.82, 2.24) is 24.5 Å². The summed E-state index contributed by atoms with van der Waals surface area (Å²) >= 11 is 0. The molecule has 0 unspecified atom stereocenters. The highest BCUT2D eigenvalue weighted by Gasteiger charge is 2.21. The Bertz CT molecular complexity index is 1160. The second-order valence-corrected chi connectivity index (χ2v) is 8.03. The molecule has 2 aromatic carbocycles. The number of hydrogen-bond donors (Lipinski definition) is 0. The number of nitrogens with zero attached hydrogens (tertiary/aromatic N) is 5. The zero-order valence-corrected chi connectivity index (χ0v) is 18.0. The summed E-state index contributed by atoms with van der Waals surface area (Å²) in [5.41, 5.74) is 4.26. The fraction of sp³-hybridized carbons (Fsp3) is 0.333. The molecule has 0 spiro atoms. The van der Waals surface area contributed by atoms with E-state index in [4.69, 9.17) is 14.2 Å². The summed E-state index contributed by atoms with van der Waals surface area (Å²) in [4.78, 5) is 9.88. The first-order valence-corrected chi connectivity index (χ1v) is 10.7. The first-order valence-electron chi connectivity index (χ1n) is 10.7. The maximum atomic E-state index is 5.33. The van der Waals surface area contributed by atoms with Crippen LogP contribution in [0.15, 0.2) is 59.1 Å². The molecule has 1 saturated heterocycles. The van der Waals surface area contributed by atoms with Gasteiger partial charge in [0, 0.05) is 44.5 Å². The Balaban J connectivity index is 1.33. The summed E-state index contributed by atoms with van der Waals surface area (Å²) in [5, 5.41) is 4.13. The van der Waals surface area contributed by atoms with Gasteiger partial charge in [-0.1, -0.05) is 17.3 Å². The molecule has 1 aliphatic rings. The number of fused-ring (bicyclic) bond motifs is 1. The Morgan fingerprint density at radius 3 is 2.32 bits per heavy atom. The van der Waals surface area contributed by atoms with Gasteiger partial charge in [0.25, 0.3) is 0 Å². The van der Waals surface area contributed by atoms with E-state index in [1.54, 1.807) is 7.11 Å². The number of rotatable bonds is 6. The third-order valence-corrected chi connectivity index (χ3v) is 5.85. The monoisotopic (exact) mass is 417 g/mol. The number of aryl methyl sites for hydroxylation is 1. The van der Waals surface area contributed by atoms with Crippen LogP contribution in [0, 0.1) is 6.92 Å². The van der Waals surface area contributed by atoms with E-state index in [-0.39, 0.29) is 0 Å². The van der Waals surface area contributed by atoms with Gasteiger partial charge in [0.05, 0.1) is 30.4 Å². The van der Waals surface area contributed by atoms with Gasteiger partial charge in [0.2, 0.25) is 0 Å². The highest BCUT2D eigenvalue weighted by Crippen LogP contribution is 2.24. The van der Waals surface area contributed by atoms with Gasteiger partial charge in [-0.05, 0) is 43.3 Å². The molecule has 5 rings (SSSR count). The number of aromatic nitrogens is 3. The first-order chi connectivity index (χ1) is 15.2. The minimum Gasteiger partial charge on any atom is -0.497 e. The predicted octanol–water partition coefficient (Wildman–Crippen LogP) is 3.65. The van der Waals surface area contributed by atoms with Crippen molar-refractivity contribution >= 4 is 11.0 Å². The lowest BCUT2D eigenvalue weighted by atomic mass is 10.2. The lowest BCUT2D eigenvalue weighted by Crippen LogP contribution is -2.45. The molecule has 1 aliphatic heterocycles. The zero-order valence-electron chi connectivity index (χ0n) is 18.0. The Labute approximate surface area is 181 Å². The lowest BCUT2D eigenvalue weighted by Gasteiger charge is -2.34. The van der Waals surface area contributed by atoms with Crippen molar-refractivity contribution in [2.24, 2.45) is 0 Å². The van der Waals surface area contributed by atoms with E-state index in [2.05, 4.69) is 49.9 Å². The van der Waals surface area contributed by atoms with E-state index in [0.717, 1.165) is 79.0 Å². The average Bonchev–Trinajstić information content (AvgIpc) is 3.37. The maximum absolute atomic E-state index is 5.33. The molecule has 3 heterocycles. The summed E-state index contributed by atoms with van der Waals surface area (Å²) in [6.45, 7) is 7.62. The molecular formula is C24H27N5O2. The number of hydrogen-bond acceptors (Lipinski definition) is 6. The third kappa shape index (κ3) is 4.19. The molecule has 0 radical (unpaired) electrons. The van der Waals surface area contributed by atoms with Gasteiger partial charge in [-0.25, -0.2) is 4.98 Å². The van der Waals surface area contributed by atoms with Crippen LogP contribution in [0.3, 0.4) is 0 Å². The Hall–Kier alpha value is -3.16. The SMILES string of the molecule is COc1ccc(-n2c(CN3CCN(Cc4cc(C)on4)CC3)nc3ccccc32)cc1. The van der Waals surface area contributed by atoms with Crippen LogP contribution in [0.5, 0.6) is 5.75 Å². The maximum Gasteiger partial charge on any atom is 0.133 e. The molecule has 2 aromatic heterocycles. The van der Waals surface area contributed by atoms with Crippen molar-refractivity contribution in [2.45, 2.75) is 20.0 Å². The van der Waals surface area contributed by atoms with Crippen molar-refractivity contribution in [1.29, 1.82) is 0 Å². The lowest BCUT2D eigenvalue weighted by molar-refractivity contribution is 0.117. The van der Waals surface area contributed by atoms with Crippen LogP contribution in [0.1, 0.15) is 17.3 Å². The van der Waals surface area contributed by atoms with Gasteiger partial charge in [-0.15, -0.1) is 0 Å². The van der Waals surface area contributed by atoms with Crippen molar-refractivity contribution in [3.63, 3.8) is 0 Å². The minimum atomic E-state index is 0.817. The fourth-order valence-corrected chi connectivity index (χ4v) is 4.23. The molecule has 0 amide bonds. The molecule has 7 heteroatoms. The average molecular weight is 418 g/mol. The molecule has 4 aromatic rings. The Morgan fingerprint density at radius 2 is 1.65 bits per heavy atom. The van der Waals surface area contributed by atoms with Crippen molar-refractivity contribution in [3.8, 4) is 11.4 Å². The number of imidazole rings is 1. The number of methoxy groups -OCH3 is 1. The number of ether oxygens (including phenoxy) is 1. The largest absolute Gasteiger partial charge is 0.497 e. The topological polar surface area (TPSA) is 59.6 Å². The van der Waals surface area contributed by atoms with Crippen LogP contribution in [-0.4, -0.2) is 57.8 Å². The van der Waals surface area contributed by atoms with Crippen LogP contribution in [0.25, 0.3) is 16.7 Å². The summed E-state index contributed by atoms with van der Waals surface area (Å²) in [5.74, 6) is 2.78. The van der Waals surface area contributed by atoms with Gasteiger partial charge < -0.3 is 9.26 Å². The molecule has 160 valence electrons. The molecule has 0 atom stereocenters. The molecule has 0 bridgehead atoms. The number of benzene rings is 2. The van der Waals surface area contributed by atoms with Crippen molar-refractivity contribution in [2.75, 3.05) is 33.3 Å². The minimum absolute atomic E-state index is 0.817. The van der Waals surface area contributed by atoms with E-state index in [9.17, 15) is 0 Å². The third-order valence-electron chi connectivity index (χ3n) is 5.85. The second-order valence-electron chi connectivity index (χ2n) is 8.03. The quantitative estimate of drug-likeness (QED) is 0.477. The standard InChI is InChI=1S/C24H27N5O2/c1-18-15-19(26-31-18)16-27-11-13-28(14-12-27)17-24-25-22-5-3-4-6-23(22)29(24)20-7-9-21(30-2)10-8-20/h3-10,15H,11-14,16-17H2,1-2H3. The summed E-state index contributed by atoms with van der Waals surface area (Å²) in [7, 11) is 1.69. The van der Waals surface area contributed by atoms with E-state index in [1.165, 1.54) is 0 Å². The normalized spacial score (nSPS) is 15.5. The molecular weight excluding hydrogens is 390 g/mol. The van der Waals surface area contributed by atoms with E-state index >= 15 is 0 Å². The Kier molecular flexibility index (Phi) is 5.44. The summed E-state index contributed by atoms with van der Waals surface area (Å²) in [6, 6.07) is 18.5. The highest BCUT2D eigenvalue weighted by molar-refractivity contribution is 5.78. The van der Waals surface area contributed by atoms with Gasteiger partial charge in [-0.3, -0.25) is 14.4 Å². The molecule has 31 heavy (non-hydrogen) atoms. The number of piperazine rings is 1. The molecule has 0 aliphatic carbocycles. The van der Waals surface area contributed by atoms with Gasteiger partial charge in [-0.2, -0.15) is 0 Å². The zero-order chi connectivity index (χ0) is 21.2. The molecule has 1 fully saturated rings. The predicted molar refractivity (Wildman–Crippen MR) is 119 cm³/mol. The molecule has 0 N–H and O–H groups in total. The second kappa shape index (κ2) is 8.53. The van der Waals surface area contributed by atoms with Crippen molar-refractivity contribution in [3.05, 3.63) is 71.9 Å². The Morgan fingerprint density at radius 1 is 0.935 bits per heavy atom. The molecule has 0 saturated carbocycles. The fourth-order valence-electron chi connectivity index (χ4n) is 4.23. The smallest absolute Gasteiger partial charge is 0.133 e. The van der Waals surface area contributed by atoms with Crippen LogP contribution in [-0.2, 0) is 13.1 Å². The van der Waals surface area contributed by atoms with Crippen LogP contribution < -0.4 is 4.74 Å². The first kappa shape index (κ1) is 19.8. The van der Waals surface area contributed by atoms with Gasteiger partial charge in [0.15, 0.2) is 0 Å². The van der Waals surface area contributed by atoms with E-state index in [0.29, 0.717) is 0 Å². The van der Waals surface area contributed by atoms with Crippen LogP contribution in [0.2, 0.25) is 0 Å². The van der Waals surface area contributed by atoms with Crippen LogP contribution in [0.4, 0.5) is 0 Å². The number of para-hydroxylation sites is 2. The highest BCUT2D eigenvalue weighted by atomic mass is 16.5. The van der Waals surface area contributed by atoms with Gasteiger partial charge >= 0.3 is 0 Å². The van der Waals surface area contributed by atoms with Crippen molar-refractivity contribution < 1.29 is 9.26 Å². The van der Waals surface area contributed by atoms with Crippen LogP contribution >= 0.6 is 0 Å². The van der Waals surface area contributed by atoms with Gasteiger partial charge in [0.1, 0.15) is 17.3 Å². The van der Waals surface area contributed by atoms with E-state index < -0.39 is 0 Å². The molecule has 7 nitrogen and oxygen atoms in total. The van der Waals surface area contributed by atoms with E-state index in [1.807, 2.05) is 31.2 Å². The summed E-state index contributed by atoms with van der Waals surface area (Å²) < 4.78 is 12.8. The summed E-state index contributed by atoms with van der Waals surface area (Å²) in [6.07, 6.45) is 0.